The summed E-state index contributed by atoms with van der Waals surface area (Å²) in [4.78, 5) is 0. The van der Waals surface area contributed by atoms with Crippen molar-refractivity contribution in [2.45, 2.75) is 5.80 Å². The molecule has 0 heterocycles. The van der Waals surface area contributed by atoms with Gasteiger partial charge < -0.3 is 0 Å². The molecule has 0 saturated carbocycles. The molecule has 0 aromatic rings. The third kappa shape index (κ3) is 6.30. The van der Waals surface area contributed by atoms with Crippen LogP contribution in [0.1, 0.15) is 0 Å². The molecule has 0 aliphatic carbocycles. The van der Waals surface area contributed by atoms with Gasteiger partial charge in [0.1, 0.15) is 0 Å². The summed E-state index contributed by atoms with van der Waals surface area (Å²) in [5, 5.41) is 0. The van der Waals surface area contributed by atoms with E-state index in [0.717, 1.165) is 0 Å². The number of hydrogen-bond acceptors (Lipinski definition) is 0. The molecule has 0 atom stereocenters. The van der Waals surface area contributed by atoms with Crippen molar-refractivity contribution < 1.29 is 13.2 Å². The first-order valence-electron chi connectivity index (χ1n) is 1.69. The van der Waals surface area contributed by atoms with Gasteiger partial charge in [0.25, 0.3) is 0 Å². The van der Waals surface area contributed by atoms with Crippen LogP contribution in [0.3, 0.4) is 0 Å². The molecule has 0 radical (unpaired) electrons. The fraction of sp³-hybridized carbons (Fsp3) is 1.00. The third-order valence-corrected chi connectivity index (χ3v) is 1.70. The van der Waals surface area contributed by atoms with Crippen LogP contribution in [-0.2, 0) is 0 Å². The van der Waals surface area contributed by atoms with E-state index in [9.17, 15) is 13.2 Å². The van der Waals surface area contributed by atoms with Gasteiger partial charge in [0, 0.05) is 5.50 Å². The highest BCUT2D eigenvalue weighted by Crippen LogP contribution is 2.11. The number of hydrogen-bond donors (Lipinski definition) is 0. The van der Waals surface area contributed by atoms with Crippen LogP contribution in [0.25, 0.3) is 0 Å². The molecular formula is C2H4ClF3Si. The van der Waals surface area contributed by atoms with E-state index in [0.29, 0.717) is 0 Å². The Balaban J connectivity index is 3.15. The van der Waals surface area contributed by atoms with Crippen molar-refractivity contribution in [3.63, 3.8) is 0 Å². The van der Waals surface area contributed by atoms with Crippen LogP contribution in [0.4, 0.5) is 13.2 Å². The zero-order chi connectivity index (χ0) is 5.91. The Labute approximate surface area is 46.5 Å². The molecule has 5 heteroatoms. The summed E-state index contributed by atoms with van der Waals surface area (Å²) >= 11 is 4.83. The zero-order valence-corrected chi connectivity index (χ0v) is 5.60. The van der Waals surface area contributed by atoms with Crippen LogP contribution >= 0.6 is 11.6 Å². The van der Waals surface area contributed by atoms with Crippen molar-refractivity contribution >= 4 is 21.1 Å². The molecule has 0 nitrogen and oxygen atoms in total. The fourth-order valence-corrected chi connectivity index (χ4v) is 0.964. The second-order valence-corrected chi connectivity index (χ2v) is 3.87. The van der Waals surface area contributed by atoms with E-state index in [1.165, 1.54) is 0 Å². The monoisotopic (exact) mass is 148 g/mol. The lowest BCUT2D eigenvalue weighted by atomic mass is 11.5. The summed E-state index contributed by atoms with van der Waals surface area (Å²) in [7, 11) is -1.97. The molecule has 0 fully saturated rings. The van der Waals surface area contributed by atoms with E-state index in [1.54, 1.807) is 0 Å². The Hall–Kier alpha value is 0.297. The molecule has 0 N–H and O–H groups in total. The summed E-state index contributed by atoms with van der Waals surface area (Å²) in [5.74, 6) is -3.94. The van der Waals surface area contributed by atoms with Crippen LogP contribution in [0.15, 0.2) is 0 Å². The van der Waals surface area contributed by atoms with Gasteiger partial charge in [0.2, 0.25) is 0 Å². The molecule has 7 heavy (non-hydrogen) atoms. The first-order valence-corrected chi connectivity index (χ1v) is 3.93. The summed E-state index contributed by atoms with van der Waals surface area (Å²) in [5.41, 5.74) is -0.205. The van der Waals surface area contributed by atoms with Gasteiger partial charge in [-0.25, -0.2) is 0 Å². The van der Waals surface area contributed by atoms with E-state index in [2.05, 4.69) is 0 Å². The summed E-state index contributed by atoms with van der Waals surface area (Å²) in [6, 6.07) is 0. The van der Waals surface area contributed by atoms with Crippen molar-refractivity contribution in [1.82, 2.24) is 0 Å². The largest absolute Gasteiger partial charge is 0.356 e. The summed E-state index contributed by atoms with van der Waals surface area (Å²) in [6.45, 7) is 0. The first-order chi connectivity index (χ1) is 3.06. The van der Waals surface area contributed by atoms with Gasteiger partial charge in [-0.15, -0.1) is 11.6 Å². The average molecular weight is 149 g/mol. The van der Waals surface area contributed by atoms with Gasteiger partial charge in [-0.05, 0) is 0 Å². The van der Waals surface area contributed by atoms with Crippen molar-refractivity contribution in [2.24, 2.45) is 0 Å². The molecule has 44 valence electrons. The molecular weight excluding hydrogens is 145 g/mol. The molecule has 0 unspecified atom stereocenters. The second-order valence-electron chi connectivity index (χ2n) is 1.05. The van der Waals surface area contributed by atoms with Gasteiger partial charge >= 0.3 is 5.80 Å². The number of halogens is 4. The van der Waals surface area contributed by atoms with Gasteiger partial charge in [0.05, 0.1) is 0 Å². The number of rotatable bonds is 1. The van der Waals surface area contributed by atoms with Gasteiger partial charge in [0.15, 0.2) is 9.52 Å². The molecule has 0 aromatic carbocycles. The highest BCUT2D eigenvalue weighted by molar-refractivity contribution is 6.51. The Morgan fingerprint density at radius 1 is 1.43 bits per heavy atom. The van der Waals surface area contributed by atoms with E-state index < -0.39 is 15.3 Å². The molecule has 0 rings (SSSR count). The van der Waals surface area contributed by atoms with Gasteiger partial charge in [-0.3, -0.25) is 0 Å². The van der Waals surface area contributed by atoms with Crippen LogP contribution < -0.4 is 0 Å². The molecule has 0 saturated heterocycles. The summed E-state index contributed by atoms with van der Waals surface area (Å²) < 4.78 is 33.1. The first kappa shape index (κ1) is 7.30. The maximum absolute atomic E-state index is 11.0. The van der Waals surface area contributed by atoms with Crippen molar-refractivity contribution in [3.05, 3.63) is 0 Å². The normalized spacial score (nSPS) is 13.7. The van der Waals surface area contributed by atoms with Gasteiger partial charge in [-0.2, -0.15) is 13.2 Å². The molecule has 0 aliphatic rings. The van der Waals surface area contributed by atoms with E-state index in [4.69, 9.17) is 11.6 Å². The Kier molecular flexibility index (Phi) is 2.68. The van der Waals surface area contributed by atoms with Crippen LogP contribution in [-0.4, -0.2) is 20.8 Å². The SMILES string of the molecule is FC(F)(F)[SiH2]CCl. The zero-order valence-electron chi connectivity index (χ0n) is 3.43. The fourth-order valence-electron chi connectivity index (χ4n) is 0.107. The summed E-state index contributed by atoms with van der Waals surface area (Å²) in [6.07, 6.45) is 0. The van der Waals surface area contributed by atoms with Crippen LogP contribution in [0, 0.1) is 0 Å². The smallest absolute Gasteiger partial charge is 0.178 e. The molecule has 0 spiro atoms. The minimum absolute atomic E-state index is 0.205. The Morgan fingerprint density at radius 3 is 1.86 bits per heavy atom. The van der Waals surface area contributed by atoms with E-state index in [1.807, 2.05) is 0 Å². The van der Waals surface area contributed by atoms with E-state index >= 15 is 0 Å². The average Bonchev–Trinajstić information content (AvgIpc) is 1.30. The van der Waals surface area contributed by atoms with Crippen molar-refractivity contribution in [1.29, 1.82) is 0 Å². The highest BCUT2D eigenvalue weighted by atomic mass is 35.5. The van der Waals surface area contributed by atoms with Crippen molar-refractivity contribution in [2.75, 3.05) is 5.50 Å². The quantitative estimate of drug-likeness (QED) is 0.383. The third-order valence-electron chi connectivity index (χ3n) is 0.378. The van der Waals surface area contributed by atoms with Gasteiger partial charge in [-0.1, -0.05) is 0 Å². The lowest BCUT2D eigenvalue weighted by Crippen LogP contribution is -2.19. The molecule has 0 aliphatic heterocycles. The second kappa shape index (κ2) is 2.57. The minimum Gasteiger partial charge on any atom is -0.178 e. The molecule has 0 aromatic heterocycles. The standard InChI is InChI=1S/C2H4ClF3Si/c3-1-7-2(4,5)6/h1,7H2. The van der Waals surface area contributed by atoms with Crippen LogP contribution in [0.5, 0.6) is 0 Å². The van der Waals surface area contributed by atoms with Crippen molar-refractivity contribution in [3.8, 4) is 0 Å². The van der Waals surface area contributed by atoms with E-state index in [-0.39, 0.29) is 5.50 Å². The lowest BCUT2D eigenvalue weighted by molar-refractivity contribution is -0.0466. The predicted molar refractivity (Wildman–Crippen MR) is 25.3 cm³/mol. The lowest BCUT2D eigenvalue weighted by Gasteiger charge is -1.98. The molecule has 0 bridgehead atoms. The minimum atomic E-state index is -3.94. The highest BCUT2D eigenvalue weighted by Gasteiger charge is 2.25. The Morgan fingerprint density at radius 2 is 1.86 bits per heavy atom. The maximum atomic E-state index is 11.0. The van der Waals surface area contributed by atoms with Crippen LogP contribution in [0.2, 0.25) is 0 Å². The predicted octanol–water partition coefficient (Wildman–Crippen LogP) is 0.871. The number of alkyl halides is 4. The Bertz CT molecular complexity index is 51.4. The molecule has 0 amide bonds. The topological polar surface area (TPSA) is 0 Å². The maximum Gasteiger partial charge on any atom is 0.356 e.